The van der Waals surface area contributed by atoms with Crippen LogP contribution in [0.25, 0.3) is 0 Å². The van der Waals surface area contributed by atoms with Gasteiger partial charge in [0.15, 0.2) is 0 Å². The molecule has 0 atom stereocenters. The van der Waals surface area contributed by atoms with Crippen LogP contribution in [0.5, 0.6) is 0 Å². The average Bonchev–Trinajstić information content (AvgIpc) is 2.14. The van der Waals surface area contributed by atoms with Crippen LogP contribution in [0.4, 0.5) is 0 Å². The molecule has 0 saturated carbocycles. The topological polar surface area (TPSA) is 49.7 Å². The number of hydrogen-bond donors (Lipinski definition) is 2. The standard InChI is InChI=1S/C8H14O.C4H10O2/c1-7(2)5-9-6-8(3)4;5-3-1-2-4-6/h5-6H,1-4H3;5-6H,1-4H2. The van der Waals surface area contributed by atoms with E-state index in [1.807, 2.05) is 27.7 Å². The van der Waals surface area contributed by atoms with Crippen LogP contribution >= 0.6 is 0 Å². The van der Waals surface area contributed by atoms with Crippen LogP contribution in [-0.2, 0) is 4.74 Å². The molecule has 0 aromatic heterocycles. The Bertz CT molecular complexity index is 155. The molecular formula is C12H24O3. The number of hydrogen-bond acceptors (Lipinski definition) is 3. The summed E-state index contributed by atoms with van der Waals surface area (Å²) in [7, 11) is 0. The minimum atomic E-state index is 0.195. The number of ether oxygens (including phenoxy) is 1. The summed E-state index contributed by atoms with van der Waals surface area (Å²) in [4.78, 5) is 0. The van der Waals surface area contributed by atoms with Crippen LogP contribution in [0, 0.1) is 0 Å². The second-order valence-corrected chi connectivity index (χ2v) is 3.68. The molecule has 15 heavy (non-hydrogen) atoms. The van der Waals surface area contributed by atoms with Gasteiger partial charge < -0.3 is 14.9 Å². The summed E-state index contributed by atoms with van der Waals surface area (Å²) < 4.78 is 5.03. The van der Waals surface area contributed by atoms with Crippen LogP contribution in [0.3, 0.4) is 0 Å². The van der Waals surface area contributed by atoms with E-state index in [4.69, 9.17) is 14.9 Å². The molecule has 0 aliphatic carbocycles. The van der Waals surface area contributed by atoms with Gasteiger partial charge in [-0.05, 0) is 51.7 Å². The number of allylic oxidation sites excluding steroid dienone is 2. The summed E-state index contributed by atoms with van der Waals surface area (Å²) in [6.07, 6.45) is 4.90. The van der Waals surface area contributed by atoms with Crippen molar-refractivity contribution in [1.82, 2.24) is 0 Å². The van der Waals surface area contributed by atoms with E-state index in [-0.39, 0.29) is 13.2 Å². The van der Waals surface area contributed by atoms with Gasteiger partial charge in [0.05, 0.1) is 12.5 Å². The zero-order valence-corrected chi connectivity index (χ0v) is 10.3. The highest BCUT2D eigenvalue weighted by Gasteiger charge is 1.77. The van der Waals surface area contributed by atoms with Gasteiger partial charge in [-0.2, -0.15) is 0 Å². The lowest BCUT2D eigenvalue weighted by molar-refractivity contribution is 0.242. The Morgan fingerprint density at radius 1 is 0.867 bits per heavy atom. The fraction of sp³-hybridized carbons (Fsp3) is 0.667. The maximum Gasteiger partial charge on any atom is 0.0887 e. The summed E-state index contributed by atoms with van der Waals surface area (Å²) in [6, 6.07) is 0. The molecular weight excluding hydrogens is 192 g/mol. The fourth-order valence-corrected chi connectivity index (χ4v) is 0.530. The predicted molar refractivity (Wildman–Crippen MR) is 63.4 cm³/mol. The van der Waals surface area contributed by atoms with E-state index in [9.17, 15) is 0 Å². The Labute approximate surface area is 93.1 Å². The van der Waals surface area contributed by atoms with Gasteiger partial charge in [-0.3, -0.25) is 0 Å². The third-order valence-corrected chi connectivity index (χ3v) is 1.17. The van der Waals surface area contributed by atoms with Crippen molar-refractivity contribution in [3.8, 4) is 0 Å². The molecule has 0 fully saturated rings. The molecule has 90 valence electrons. The van der Waals surface area contributed by atoms with Gasteiger partial charge in [0, 0.05) is 13.2 Å². The first-order valence-electron chi connectivity index (χ1n) is 5.18. The summed E-state index contributed by atoms with van der Waals surface area (Å²) >= 11 is 0. The van der Waals surface area contributed by atoms with E-state index < -0.39 is 0 Å². The maximum atomic E-state index is 8.09. The Hall–Kier alpha value is -0.800. The highest BCUT2D eigenvalue weighted by atomic mass is 16.5. The minimum absolute atomic E-state index is 0.195. The first-order valence-corrected chi connectivity index (χ1v) is 5.18. The van der Waals surface area contributed by atoms with Gasteiger partial charge in [-0.25, -0.2) is 0 Å². The Balaban J connectivity index is 0. The molecule has 0 aromatic carbocycles. The highest BCUT2D eigenvalue weighted by Crippen LogP contribution is 1.93. The highest BCUT2D eigenvalue weighted by molar-refractivity contribution is 4.92. The predicted octanol–water partition coefficient (Wildman–Crippen LogP) is 2.60. The SMILES string of the molecule is CC(C)=COC=C(C)C.OCCCCO. The second-order valence-electron chi connectivity index (χ2n) is 3.68. The first kappa shape index (κ1) is 16.6. The average molecular weight is 216 g/mol. The van der Waals surface area contributed by atoms with Crippen LogP contribution in [-0.4, -0.2) is 23.4 Å². The summed E-state index contributed by atoms with van der Waals surface area (Å²) in [5, 5.41) is 16.2. The molecule has 2 N–H and O–H groups in total. The van der Waals surface area contributed by atoms with Crippen molar-refractivity contribution in [1.29, 1.82) is 0 Å². The van der Waals surface area contributed by atoms with Crippen molar-refractivity contribution in [2.45, 2.75) is 40.5 Å². The fourth-order valence-electron chi connectivity index (χ4n) is 0.530. The van der Waals surface area contributed by atoms with Gasteiger partial charge in [-0.1, -0.05) is 0 Å². The van der Waals surface area contributed by atoms with Crippen LogP contribution in [0.2, 0.25) is 0 Å². The Morgan fingerprint density at radius 2 is 1.20 bits per heavy atom. The monoisotopic (exact) mass is 216 g/mol. The Morgan fingerprint density at radius 3 is 1.40 bits per heavy atom. The van der Waals surface area contributed by atoms with Crippen LogP contribution in [0.15, 0.2) is 23.7 Å². The van der Waals surface area contributed by atoms with Crippen molar-refractivity contribution in [3.05, 3.63) is 23.7 Å². The maximum absolute atomic E-state index is 8.09. The quantitative estimate of drug-likeness (QED) is 0.548. The number of aliphatic hydroxyl groups is 2. The van der Waals surface area contributed by atoms with E-state index in [0.29, 0.717) is 0 Å². The van der Waals surface area contributed by atoms with E-state index in [1.165, 1.54) is 11.1 Å². The van der Waals surface area contributed by atoms with Crippen molar-refractivity contribution in [3.63, 3.8) is 0 Å². The smallest absolute Gasteiger partial charge is 0.0887 e. The largest absolute Gasteiger partial charge is 0.473 e. The minimum Gasteiger partial charge on any atom is -0.473 e. The normalized spacial score (nSPS) is 8.40. The molecule has 0 rings (SSSR count). The third-order valence-electron chi connectivity index (χ3n) is 1.17. The molecule has 0 amide bonds. The second kappa shape index (κ2) is 13.2. The third kappa shape index (κ3) is 24.6. The van der Waals surface area contributed by atoms with E-state index >= 15 is 0 Å². The number of unbranched alkanes of at least 4 members (excludes halogenated alkanes) is 1. The summed E-state index contributed by atoms with van der Waals surface area (Å²) in [5.74, 6) is 0. The summed E-state index contributed by atoms with van der Waals surface area (Å²) in [5.41, 5.74) is 2.35. The molecule has 0 aliphatic rings. The van der Waals surface area contributed by atoms with Gasteiger partial charge >= 0.3 is 0 Å². The van der Waals surface area contributed by atoms with Crippen molar-refractivity contribution in [2.75, 3.05) is 13.2 Å². The molecule has 3 nitrogen and oxygen atoms in total. The summed E-state index contributed by atoms with van der Waals surface area (Å²) in [6.45, 7) is 8.39. The lowest BCUT2D eigenvalue weighted by Crippen LogP contribution is -1.85. The molecule has 0 heterocycles. The lowest BCUT2D eigenvalue weighted by atomic mass is 10.3. The van der Waals surface area contributed by atoms with Crippen LogP contribution in [0.1, 0.15) is 40.5 Å². The van der Waals surface area contributed by atoms with Crippen molar-refractivity contribution >= 4 is 0 Å². The molecule has 0 unspecified atom stereocenters. The zero-order chi connectivity index (χ0) is 12.1. The molecule has 3 heteroatoms. The molecule has 0 spiro atoms. The number of aliphatic hydroxyl groups excluding tert-OH is 2. The molecule has 0 saturated heterocycles. The van der Waals surface area contributed by atoms with Crippen molar-refractivity contribution in [2.24, 2.45) is 0 Å². The molecule has 0 aliphatic heterocycles. The molecule has 0 aromatic rings. The van der Waals surface area contributed by atoms with Gasteiger partial charge in [0.1, 0.15) is 0 Å². The molecule has 0 bridgehead atoms. The van der Waals surface area contributed by atoms with Gasteiger partial charge in [0.25, 0.3) is 0 Å². The van der Waals surface area contributed by atoms with E-state index in [2.05, 4.69) is 0 Å². The van der Waals surface area contributed by atoms with Crippen LogP contribution < -0.4 is 0 Å². The van der Waals surface area contributed by atoms with Gasteiger partial charge in [0.2, 0.25) is 0 Å². The lowest BCUT2D eigenvalue weighted by Gasteiger charge is -1.91. The Kier molecular flexibility index (Phi) is 14.6. The first-order chi connectivity index (χ1) is 7.04. The molecule has 0 radical (unpaired) electrons. The van der Waals surface area contributed by atoms with Crippen molar-refractivity contribution < 1.29 is 14.9 Å². The number of rotatable bonds is 5. The zero-order valence-electron chi connectivity index (χ0n) is 10.3. The van der Waals surface area contributed by atoms with Gasteiger partial charge in [-0.15, -0.1) is 0 Å². The van der Waals surface area contributed by atoms with E-state index in [1.54, 1.807) is 12.5 Å². The van der Waals surface area contributed by atoms with E-state index in [0.717, 1.165) is 12.8 Å².